The van der Waals surface area contributed by atoms with Crippen LogP contribution in [0.1, 0.15) is 29.2 Å². The Balaban J connectivity index is 1.38. The number of aryl methyl sites for hydroxylation is 1. The third-order valence-electron chi connectivity index (χ3n) is 4.92. The number of carbonyl (C=O) groups excluding carboxylic acids is 1. The van der Waals surface area contributed by atoms with Crippen molar-refractivity contribution in [2.45, 2.75) is 25.4 Å². The number of fused-ring (bicyclic) bond motifs is 2. The molecule has 0 bridgehead atoms. The molecule has 1 aliphatic carbocycles. The summed E-state index contributed by atoms with van der Waals surface area (Å²) in [5.41, 5.74) is 3.20. The molecule has 1 heterocycles. The molecule has 2 aromatic rings. The maximum absolute atomic E-state index is 12.4. The third kappa shape index (κ3) is 3.45. The number of ether oxygens (including phenoxy) is 4. The number of hydrogen-bond donors (Lipinski definition) is 2. The van der Waals surface area contributed by atoms with Crippen molar-refractivity contribution in [3.8, 4) is 23.0 Å². The van der Waals surface area contributed by atoms with Gasteiger partial charge in [0.15, 0.2) is 23.0 Å². The Morgan fingerprint density at radius 1 is 1.11 bits per heavy atom. The zero-order valence-corrected chi connectivity index (χ0v) is 15.3. The molecule has 0 unspecified atom stereocenters. The molecule has 2 amide bonds. The number of nitrogens with one attached hydrogen (secondary N) is 2. The van der Waals surface area contributed by atoms with E-state index >= 15 is 0 Å². The van der Waals surface area contributed by atoms with Crippen LogP contribution >= 0.6 is 0 Å². The van der Waals surface area contributed by atoms with E-state index in [1.54, 1.807) is 14.2 Å². The molecule has 0 spiro atoms. The van der Waals surface area contributed by atoms with Crippen molar-refractivity contribution in [2.24, 2.45) is 0 Å². The van der Waals surface area contributed by atoms with Gasteiger partial charge in [-0.05, 0) is 53.8 Å². The van der Waals surface area contributed by atoms with Crippen LogP contribution in [0, 0.1) is 0 Å². The predicted octanol–water partition coefficient (Wildman–Crippen LogP) is 2.92. The monoisotopic (exact) mass is 370 g/mol. The average Bonchev–Trinajstić information content (AvgIpc) is 3.31. The van der Waals surface area contributed by atoms with Gasteiger partial charge in [-0.3, -0.25) is 0 Å². The SMILES string of the molecule is COc1cc2c(cc1OC)[C@@H](NC(=O)NCc1ccc3c(c1)OCO3)CC2. The molecule has 27 heavy (non-hydrogen) atoms. The first-order valence-electron chi connectivity index (χ1n) is 8.85. The number of rotatable bonds is 5. The van der Waals surface area contributed by atoms with Gasteiger partial charge in [0.05, 0.1) is 20.3 Å². The Kier molecular flexibility index (Phi) is 4.66. The summed E-state index contributed by atoms with van der Waals surface area (Å²) >= 11 is 0. The zero-order valence-electron chi connectivity index (χ0n) is 15.3. The minimum Gasteiger partial charge on any atom is -0.493 e. The van der Waals surface area contributed by atoms with E-state index in [4.69, 9.17) is 18.9 Å². The van der Waals surface area contributed by atoms with Crippen molar-refractivity contribution in [3.05, 3.63) is 47.0 Å². The number of amides is 2. The molecule has 1 atom stereocenters. The van der Waals surface area contributed by atoms with Gasteiger partial charge in [0.1, 0.15) is 0 Å². The van der Waals surface area contributed by atoms with Crippen LogP contribution in [-0.4, -0.2) is 27.0 Å². The lowest BCUT2D eigenvalue weighted by atomic mass is 10.1. The normalized spacial score (nSPS) is 16.6. The molecule has 2 aromatic carbocycles. The second kappa shape index (κ2) is 7.26. The van der Waals surface area contributed by atoms with E-state index in [9.17, 15) is 4.79 Å². The lowest BCUT2D eigenvalue weighted by Crippen LogP contribution is -2.36. The molecule has 1 aliphatic heterocycles. The number of urea groups is 1. The summed E-state index contributed by atoms with van der Waals surface area (Å²) in [5, 5.41) is 5.94. The Labute approximate surface area is 157 Å². The maximum atomic E-state index is 12.4. The molecule has 0 saturated heterocycles. The van der Waals surface area contributed by atoms with Crippen LogP contribution in [0.15, 0.2) is 30.3 Å². The Morgan fingerprint density at radius 3 is 2.70 bits per heavy atom. The first kappa shape index (κ1) is 17.3. The van der Waals surface area contributed by atoms with Crippen LogP contribution in [0.2, 0.25) is 0 Å². The summed E-state index contributed by atoms with van der Waals surface area (Å²) in [7, 11) is 3.23. The molecule has 0 aromatic heterocycles. The second-order valence-corrected chi connectivity index (χ2v) is 6.51. The van der Waals surface area contributed by atoms with E-state index in [0.29, 0.717) is 23.8 Å². The van der Waals surface area contributed by atoms with Crippen LogP contribution in [0.5, 0.6) is 23.0 Å². The fourth-order valence-corrected chi connectivity index (χ4v) is 3.53. The molecule has 2 N–H and O–H groups in total. The Morgan fingerprint density at radius 2 is 1.89 bits per heavy atom. The molecule has 4 rings (SSSR count). The van der Waals surface area contributed by atoms with Gasteiger partial charge in [-0.25, -0.2) is 4.79 Å². The van der Waals surface area contributed by atoms with Crippen LogP contribution in [0.25, 0.3) is 0 Å². The number of hydrogen-bond acceptors (Lipinski definition) is 5. The van der Waals surface area contributed by atoms with E-state index in [-0.39, 0.29) is 18.9 Å². The van der Waals surface area contributed by atoms with Crippen LogP contribution in [0.3, 0.4) is 0 Å². The summed E-state index contributed by atoms with van der Waals surface area (Å²) in [4.78, 5) is 12.4. The standard InChI is InChI=1S/C20H22N2O5/c1-24-17-8-13-4-5-15(14(13)9-18(17)25-2)22-20(23)21-10-12-3-6-16-19(7-12)27-11-26-16/h3,6-9,15H,4-5,10-11H2,1-2H3,(H2,21,22,23)/t15-/m0/s1. The maximum Gasteiger partial charge on any atom is 0.315 e. The summed E-state index contributed by atoms with van der Waals surface area (Å²) in [6, 6.07) is 9.33. The highest BCUT2D eigenvalue weighted by molar-refractivity contribution is 5.75. The number of methoxy groups -OCH3 is 2. The Bertz CT molecular complexity index is 868. The highest BCUT2D eigenvalue weighted by Crippen LogP contribution is 2.39. The zero-order chi connectivity index (χ0) is 18.8. The molecular weight excluding hydrogens is 348 g/mol. The summed E-state index contributed by atoms with van der Waals surface area (Å²) in [6.07, 6.45) is 1.74. The van der Waals surface area contributed by atoms with Crippen molar-refractivity contribution in [1.29, 1.82) is 0 Å². The molecule has 0 saturated carbocycles. The second-order valence-electron chi connectivity index (χ2n) is 6.51. The number of carbonyl (C=O) groups is 1. The summed E-state index contributed by atoms with van der Waals surface area (Å²) in [6.45, 7) is 0.649. The van der Waals surface area contributed by atoms with Crippen molar-refractivity contribution in [3.63, 3.8) is 0 Å². The number of benzene rings is 2. The quantitative estimate of drug-likeness (QED) is 0.846. The summed E-state index contributed by atoms with van der Waals surface area (Å²) < 4.78 is 21.4. The molecular formula is C20H22N2O5. The van der Waals surface area contributed by atoms with Crippen LogP contribution < -0.4 is 29.6 Å². The molecule has 0 fully saturated rings. The first-order chi connectivity index (χ1) is 13.2. The van der Waals surface area contributed by atoms with Gasteiger partial charge in [-0.15, -0.1) is 0 Å². The van der Waals surface area contributed by atoms with E-state index in [0.717, 1.165) is 29.7 Å². The van der Waals surface area contributed by atoms with E-state index in [1.165, 1.54) is 5.56 Å². The molecule has 142 valence electrons. The van der Waals surface area contributed by atoms with Crippen molar-refractivity contribution >= 4 is 6.03 Å². The van der Waals surface area contributed by atoms with Crippen LogP contribution in [0.4, 0.5) is 4.79 Å². The topological polar surface area (TPSA) is 78.1 Å². The average molecular weight is 370 g/mol. The minimum atomic E-state index is -0.208. The highest BCUT2D eigenvalue weighted by atomic mass is 16.7. The van der Waals surface area contributed by atoms with Gasteiger partial charge >= 0.3 is 6.03 Å². The smallest absolute Gasteiger partial charge is 0.315 e. The lowest BCUT2D eigenvalue weighted by Gasteiger charge is -2.17. The van der Waals surface area contributed by atoms with E-state index < -0.39 is 0 Å². The van der Waals surface area contributed by atoms with Gasteiger partial charge in [0.2, 0.25) is 6.79 Å². The van der Waals surface area contributed by atoms with Crippen molar-refractivity contribution in [2.75, 3.05) is 21.0 Å². The first-order valence-corrected chi connectivity index (χ1v) is 8.85. The van der Waals surface area contributed by atoms with Gasteiger partial charge in [0.25, 0.3) is 0 Å². The lowest BCUT2D eigenvalue weighted by molar-refractivity contribution is 0.174. The molecule has 0 radical (unpaired) electrons. The third-order valence-corrected chi connectivity index (χ3v) is 4.92. The van der Waals surface area contributed by atoms with Gasteiger partial charge < -0.3 is 29.6 Å². The van der Waals surface area contributed by atoms with E-state index in [1.807, 2.05) is 30.3 Å². The Hall–Kier alpha value is -3.09. The van der Waals surface area contributed by atoms with Crippen LogP contribution in [-0.2, 0) is 13.0 Å². The minimum absolute atomic E-state index is 0.0449. The van der Waals surface area contributed by atoms with Gasteiger partial charge in [-0.1, -0.05) is 6.07 Å². The fourth-order valence-electron chi connectivity index (χ4n) is 3.53. The fraction of sp³-hybridized carbons (Fsp3) is 0.350. The van der Waals surface area contributed by atoms with Crippen molar-refractivity contribution < 1.29 is 23.7 Å². The van der Waals surface area contributed by atoms with Crippen molar-refractivity contribution in [1.82, 2.24) is 10.6 Å². The van der Waals surface area contributed by atoms with E-state index in [2.05, 4.69) is 10.6 Å². The molecule has 2 aliphatic rings. The summed E-state index contributed by atoms with van der Waals surface area (Å²) in [5.74, 6) is 2.82. The predicted molar refractivity (Wildman–Crippen MR) is 98.5 cm³/mol. The van der Waals surface area contributed by atoms with Gasteiger partial charge in [0, 0.05) is 6.54 Å². The molecule has 7 heteroatoms. The largest absolute Gasteiger partial charge is 0.493 e. The highest BCUT2D eigenvalue weighted by Gasteiger charge is 2.26. The van der Waals surface area contributed by atoms with Gasteiger partial charge in [-0.2, -0.15) is 0 Å². The molecule has 7 nitrogen and oxygen atoms in total.